The minimum Gasteiger partial charge on any atom is -0.493 e. The molecule has 0 radical (unpaired) electrons. The Morgan fingerprint density at radius 2 is 1.78 bits per heavy atom. The molecule has 0 spiro atoms. The molecule has 0 aliphatic carbocycles. The fraction of sp³-hybridized carbons (Fsp3) is 0.125. The lowest BCUT2D eigenvalue weighted by Gasteiger charge is -2.12. The number of halogens is 2. The van der Waals surface area contributed by atoms with Crippen molar-refractivity contribution in [3.63, 3.8) is 0 Å². The molecule has 1 heterocycles. The third-order valence-corrected chi connectivity index (χ3v) is 3.75. The number of fused-ring (bicyclic) bond motifs is 1. The van der Waals surface area contributed by atoms with Gasteiger partial charge in [-0.05, 0) is 24.3 Å². The number of methoxy groups -OCH3 is 2. The Bertz CT molecular complexity index is 873. The van der Waals surface area contributed by atoms with Gasteiger partial charge in [-0.15, -0.1) is 0 Å². The highest BCUT2D eigenvalue weighted by molar-refractivity contribution is 9.10. The lowest BCUT2D eigenvalue weighted by molar-refractivity contribution is 0.355. The van der Waals surface area contributed by atoms with Gasteiger partial charge in [-0.3, -0.25) is 0 Å². The second kappa shape index (κ2) is 6.37. The molecule has 0 amide bonds. The van der Waals surface area contributed by atoms with Crippen LogP contribution in [0.15, 0.2) is 40.9 Å². The maximum absolute atomic E-state index is 13.8. The number of benzene rings is 2. The fourth-order valence-electron chi connectivity index (χ4n) is 2.23. The summed E-state index contributed by atoms with van der Waals surface area (Å²) < 4.78 is 25.2. The summed E-state index contributed by atoms with van der Waals surface area (Å²) in [6, 6.07) is 10.8. The molecule has 0 atom stereocenters. The Kier molecular flexibility index (Phi) is 4.29. The van der Waals surface area contributed by atoms with Gasteiger partial charge in [0.25, 0.3) is 0 Å². The zero-order chi connectivity index (χ0) is 16.4. The number of aromatic nitrogens is 2. The molecular formula is C16H13BrFN3O2. The normalized spacial score (nSPS) is 10.6. The lowest BCUT2D eigenvalue weighted by atomic mass is 10.2. The molecule has 0 saturated heterocycles. The molecule has 0 saturated carbocycles. The summed E-state index contributed by atoms with van der Waals surface area (Å²) in [6.07, 6.45) is -0.817. The minimum atomic E-state index is -0.817. The van der Waals surface area contributed by atoms with Crippen LogP contribution < -0.4 is 14.8 Å². The third kappa shape index (κ3) is 3.19. The predicted molar refractivity (Wildman–Crippen MR) is 90.0 cm³/mol. The van der Waals surface area contributed by atoms with Gasteiger partial charge in [0, 0.05) is 21.6 Å². The Labute approximate surface area is 140 Å². The average molecular weight is 378 g/mol. The Morgan fingerprint density at radius 1 is 1.04 bits per heavy atom. The van der Waals surface area contributed by atoms with Crippen LogP contribution in [0.4, 0.5) is 15.9 Å². The average Bonchev–Trinajstić information content (AvgIpc) is 2.53. The molecule has 3 rings (SSSR count). The Balaban J connectivity index is 2.15. The highest BCUT2D eigenvalue weighted by atomic mass is 79.9. The van der Waals surface area contributed by atoms with Gasteiger partial charge in [0.1, 0.15) is 5.82 Å². The first-order valence-corrected chi connectivity index (χ1v) is 7.52. The van der Waals surface area contributed by atoms with E-state index in [0.717, 1.165) is 10.2 Å². The van der Waals surface area contributed by atoms with Gasteiger partial charge in [-0.25, -0.2) is 4.98 Å². The minimum absolute atomic E-state index is 0.353. The number of nitrogens with one attached hydrogen (secondary N) is 1. The van der Waals surface area contributed by atoms with Crippen molar-refractivity contribution in [3.8, 4) is 11.5 Å². The van der Waals surface area contributed by atoms with Crippen molar-refractivity contribution in [1.82, 2.24) is 9.97 Å². The summed E-state index contributed by atoms with van der Waals surface area (Å²) in [4.78, 5) is 7.67. The molecular weight excluding hydrogens is 365 g/mol. The monoisotopic (exact) mass is 377 g/mol. The van der Waals surface area contributed by atoms with E-state index in [4.69, 9.17) is 9.47 Å². The van der Waals surface area contributed by atoms with E-state index in [2.05, 4.69) is 31.2 Å². The molecule has 1 aromatic heterocycles. The SMILES string of the molecule is COc1cc2nc(F)nc(Nc3cccc(Br)c3)c2cc1OC. The third-order valence-electron chi connectivity index (χ3n) is 3.26. The van der Waals surface area contributed by atoms with Gasteiger partial charge >= 0.3 is 6.08 Å². The topological polar surface area (TPSA) is 56.3 Å². The van der Waals surface area contributed by atoms with E-state index >= 15 is 0 Å². The van der Waals surface area contributed by atoms with E-state index in [0.29, 0.717) is 28.2 Å². The number of rotatable bonds is 4. The summed E-state index contributed by atoms with van der Waals surface area (Å²) >= 11 is 3.40. The molecule has 0 bridgehead atoms. The Hall–Kier alpha value is -2.41. The predicted octanol–water partition coefficient (Wildman–Crippen LogP) is 4.29. The maximum atomic E-state index is 13.8. The maximum Gasteiger partial charge on any atom is 0.311 e. The molecule has 0 aliphatic rings. The molecule has 2 aromatic carbocycles. The largest absolute Gasteiger partial charge is 0.493 e. The first-order chi connectivity index (χ1) is 11.1. The molecule has 0 aliphatic heterocycles. The quantitative estimate of drug-likeness (QED) is 0.687. The van der Waals surface area contributed by atoms with E-state index in [9.17, 15) is 4.39 Å². The second-order valence-electron chi connectivity index (χ2n) is 4.70. The highest BCUT2D eigenvalue weighted by Gasteiger charge is 2.13. The fourth-order valence-corrected chi connectivity index (χ4v) is 2.62. The number of hydrogen-bond acceptors (Lipinski definition) is 5. The summed E-state index contributed by atoms with van der Waals surface area (Å²) in [6.45, 7) is 0. The zero-order valence-electron chi connectivity index (χ0n) is 12.4. The van der Waals surface area contributed by atoms with Crippen molar-refractivity contribution in [2.45, 2.75) is 0 Å². The summed E-state index contributed by atoms with van der Waals surface area (Å²) in [7, 11) is 3.05. The van der Waals surface area contributed by atoms with E-state index in [-0.39, 0.29) is 0 Å². The number of anilines is 2. The molecule has 5 nitrogen and oxygen atoms in total. The van der Waals surface area contributed by atoms with Crippen molar-refractivity contribution in [3.05, 3.63) is 46.9 Å². The summed E-state index contributed by atoms with van der Waals surface area (Å²) in [5, 5.41) is 3.73. The standard InChI is InChI=1S/C16H13BrFN3O2/c1-22-13-7-11-12(8-14(13)23-2)20-16(18)21-15(11)19-10-5-3-4-9(17)6-10/h3-8H,1-2H3,(H,19,20,21). The summed E-state index contributed by atoms with van der Waals surface area (Å²) in [5.41, 5.74) is 1.20. The van der Waals surface area contributed by atoms with E-state index < -0.39 is 6.08 Å². The molecule has 0 fully saturated rings. The van der Waals surface area contributed by atoms with Gasteiger partial charge in [0.05, 0.1) is 19.7 Å². The van der Waals surface area contributed by atoms with Gasteiger partial charge < -0.3 is 14.8 Å². The van der Waals surface area contributed by atoms with Crippen LogP contribution in [-0.4, -0.2) is 24.2 Å². The number of nitrogens with zero attached hydrogens (tertiary/aromatic N) is 2. The van der Waals surface area contributed by atoms with Gasteiger partial charge in [0.15, 0.2) is 11.5 Å². The molecule has 23 heavy (non-hydrogen) atoms. The molecule has 118 valence electrons. The number of ether oxygens (including phenoxy) is 2. The Morgan fingerprint density at radius 3 is 2.48 bits per heavy atom. The molecule has 3 aromatic rings. The van der Waals surface area contributed by atoms with Crippen molar-refractivity contribution < 1.29 is 13.9 Å². The van der Waals surface area contributed by atoms with Crippen molar-refractivity contribution in [2.24, 2.45) is 0 Å². The van der Waals surface area contributed by atoms with Gasteiger partial charge in [-0.1, -0.05) is 22.0 Å². The molecule has 0 unspecified atom stereocenters. The number of hydrogen-bond donors (Lipinski definition) is 1. The zero-order valence-corrected chi connectivity index (χ0v) is 14.0. The molecule has 1 N–H and O–H groups in total. The van der Waals surface area contributed by atoms with Crippen LogP contribution in [0, 0.1) is 6.08 Å². The van der Waals surface area contributed by atoms with Crippen LogP contribution >= 0.6 is 15.9 Å². The van der Waals surface area contributed by atoms with Crippen LogP contribution in [0.2, 0.25) is 0 Å². The van der Waals surface area contributed by atoms with Crippen molar-refractivity contribution in [2.75, 3.05) is 19.5 Å². The second-order valence-corrected chi connectivity index (χ2v) is 5.62. The van der Waals surface area contributed by atoms with Crippen LogP contribution in [-0.2, 0) is 0 Å². The van der Waals surface area contributed by atoms with Crippen LogP contribution in [0.25, 0.3) is 10.9 Å². The summed E-state index contributed by atoms with van der Waals surface area (Å²) in [5.74, 6) is 1.35. The van der Waals surface area contributed by atoms with Crippen molar-refractivity contribution in [1.29, 1.82) is 0 Å². The van der Waals surface area contributed by atoms with E-state index in [1.165, 1.54) is 14.2 Å². The highest BCUT2D eigenvalue weighted by Crippen LogP contribution is 2.34. The van der Waals surface area contributed by atoms with Crippen LogP contribution in [0.3, 0.4) is 0 Å². The lowest BCUT2D eigenvalue weighted by Crippen LogP contribution is -2.01. The van der Waals surface area contributed by atoms with Gasteiger partial charge in [-0.2, -0.15) is 9.37 Å². The van der Waals surface area contributed by atoms with E-state index in [1.54, 1.807) is 12.1 Å². The van der Waals surface area contributed by atoms with Crippen LogP contribution in [0.5, 0.6) is 11.5 Å². The smallest absolute Gasteiger partial charge is 0.311 e. The van der Waals surface area contributed by atoms with E-state index in [1.807, 2.05) is 24.3 Å². The molecule has 7 heteroatoms. The first-order valence-electron chi connectivity index (χ1n) is 6.72. The van der Waals surface area contributed by atoms with Crippen molar-refractivity contribution >= 4 is 38.3 Å². The first kappa shape index (κ1) is 15.5. The van der Waals surface area contributed by atoms with Crippen LogP contribution in [0.1, 0.15) is 0 Å². The van der Waals surface area contributed by atoms with Gasteiger partial charge in [0.2, 0.25) is 0 Å².